The molecule has 9 nitrogen and oxygen atoms in total. The fraction of sp³-hybridized carbons (Fsp3) is 0.391. The Bertz CT molecular complexity index is 1080. The zero-order valence-corrected chi connectivity index (χ0v) is 18.3. The van der Waals surface area contributed by atoms with E-state index < -0.39 is 0 Å². The van der Waals surface area contributed by atoms with Crippen LogP contribution in [0.15, 0.2) is 29.1 Å². The average molecular weight is 438 g/mol. The minimum atomic E-state index is -0.333. The third-order valence-electron chi connectivity index (χ3n) is 5.23. The Balaban J connectivity index is 1.54. The van der Waals surface area contributed by atoms with E-state index in [0.29, 0.717) is 54.8 Å². The minimum Gasteiger partial charge on any atom is -0.378 e. The van der Waals surface area contributed by atoms with Crippen molar-refractivity contribution in [2.45, 2.75) is 19.8 Å². The van der Waals surface area contributed by atoms with Crippen molar-refractivity contribution in [3.8, 4) is 12.3 Å². The number of morpholine rings is 1. The molecule has 0 saturated carbocycles. The quantitative estimate of drug-likeness (QED) is 0.624. The van der Waals surface area contributed by atoms with E-state index in [4.69, 9.17) is 11.2 Å². The van der Waals surface area contributed by atoms with Gasteiger partial charge in [0.15, 0.2) is 0 Å². The number of nitrogens with one attached hydrogen (secondary N) is 2. The number of ether oxygens (including phenoxy) is 1. The highest BCUT2D eigenvalue weighted by Crippen LogP contribution is 2.12. The zero-order chi connectivity index (χ0) is 23.1. The van der Waals surface area contributed by atoms with Gasteiger partial charge in [0.2, 0.25) is 17.8 Å². The molecule has 0 spiro atoms. The monoisotopic (exact) mass is 437 g/mol. The van der Waals surface area contributed by atoms with Crippen molar-refractivity contribution in [3.05, 3.63) is 51.4 Å². The lowest BCUT2D eigenvalue weighted by atomic mass is 10.1. The van der Waals surface area contributed by atoms with Crippen molar-refractivity contribution in [2.75, 3.05) is 50.1 Å². The molecule has 1 aromatic carbocycles. The van der Waals surface area contributed by atoms with Gasteiger partial charge in [-0.3, -0.25) is 19.4 Å². The third-order valence-corrected chi connectivity index (χ3v) is 5.23. The topological polar surface area (TPSA) is 108 Å². The smallest absolute Gasteiger partial charge is 0.255 e. The Morgan fingerprint density at radius 2 is 2.09 bits per heavy atom. The molecule has 0 unspecified atom stereocenters. The van der Waals surface area contributed by atoms with Crippen molar-refractivity contribution in [3.63, 3.8) is 0 Å². The molecule has 2 heterocycles. The molecule has 2 N–H and O–H groups in total. The Morgan fingerprint density at radius 1 is 1.34 bits per heavy atom. The SMILES string of the molecule is C#Cc1cccc(NC(=O)CN(C)C(=O)CCc2c(C)nc(N3CCOCC3)[nH]c2=O)c1. The van der Waals surface area contributed by atoms with Crippen LogP contribution in [0.3, 0.4) is 0 Å². The second kappa shape index (κ2) is 10.6. The predicted octanol–water partition coefficient (Wildman–Crippen LogP) is 0.926. The molecule has 0 bridgehead atoms. The second-order valence-corrected chi connectivity index (χ2v) is 7.58. The molecule has 1 aliphatic heterocycles. The highest BCUT2D eigenvalue weighted by molar-refractivity contribution is 5.94. The fourth-order valence-corrected chi connectivity index (χ4v) is 3.43. The van der Waals surface area contributed by atoms with Gasteiger partial charge in [-0.2, -0.15) is 0 Å². The number of likely N-dealkylation sites (N-methyl/N-ethyl adjacent to an activating group) is 1. The van der Waals surface area contributed by atoms with Crippen LogP contribution in [0.4, 0.5) is 11.6 Å². The van der Waals surface area contributed by atoms with Crippen molar-refractivity contribution in [1.29, 1.82) is 0 Å². The summed E-state index contributed by atoms with van der Waals surface area (Å²) in [5.74, 6) is 2.45. The molecule has 9 heteroatoms. The summed E-state index contributed by atoms with van der Waals surface area (Å²) in [6.07, 6.45) is 5.71. The Hall–Kier alpha value is -3.64. The Labute approximate surface area is 186 Å². The van der Waals surface area contributed by atoms with E-state index >= 15 is 0 Å². The summed E-state index contributed by atoms with van der Waals surface area (Å²) < 4.78 is 5.32. The molecule has 168 valence electrons. The van der Waals surface area contributed by atoms with Gasteiger partial charge in [0.05, 0.1) is 19.8 Å². The fourth-order valence-electron chi connectivity index (χ4n) is 3.43. The number of carbonyl (C=O) groups excluding carboxylic acids is 2. The van der Waals surface area contributed by atoms with Crippen LogP contribution >= 0.6 is 0 Å². The van der Waals surface area contributed by atoms with Crippen molar-refractivity contribution < 1.29 is 14.3 Å². The highest BCUT2D eigenvalue weighted by atomic mass is 16.5. The molecule has 2 aromatic rings. The van der Waals surface area contributed by atoms with Crippen LogP contribution < -0.4 is 15.8 Å². The summed E-state index contributed by atoms with van der Waals surface area (Å²) in [4.78, 5) is 47.9. The Kier molecular flexibility index (Phi) is 7.63. The van der Waals surface area contributed by atoms with E-state index in [0.717, 1.165) is 0 Å². The zero-order valence-electron chi connectivity index (χ0n) is 18.3. The predicted molar refractivity (Wildman–Crippen MR) is 122 cm³/mol. The maximum absolute atomic E-state index is 12.6. The van der Waals surface area contributed by atoms with E-state index in [1.165, 1.54) is 4.90 Å². The van der Waals surface area contributed by atoms with Gasteiger partial charge in [-0.1, -0.05) is 12.0 Å². The molecule has 3 rings (SSSR count). The van der Waals surface area contributed by atoms with Crippen LogP contribution in [0, 0.1) is 19.3 Å². The number of anilines is 2. The number of terminal acetylenes is 1. The molecule has 0 aliphatic carbocycles. The van der Waals surface area contributed by atoms with Crippen molar-refractivity contribution >= 4 is 23.5 Å². The van der Waals surface area contributed by atoms with Crippen LogP contribution in [-0.2, 0) is 20.7 Å². The largest absolute Gasteiger partial charge is 0.378 e. The van der Waals surface area contributed by atoms with Gasteiger partial charge < -0.3 is 19.9 Å². The van der Waals surface area contributed by atoms with Crippen LogP contribution in [0.5, 0.6) is 0 Å². The number of benzene rings is 1. The number of aromatic nitrogens is 2. The van der Waals surface area contributed by atoms with Crippen LogP contribution in [-0.4, -0.2) is 66.6 Å². The average Bonchev–Trinajstić information content (AvgIpc) is 2.78. The van der Waals surface area contributed by atoms with Crippen LogP contribution in [0.1, 0.15) is 23.2 Å². The number of hydrogen-bond acceptors (Lipinski definition) is 6. The lowest BCUT2D eigenvalue weighted by Crippen LogP contribution is -2.39. The molecule has 0 radical (unpaired) electrons. The lowest BCUT2D eigenvalue weighted by Gasteiger charge is -2.27. The number of rotatable bonds is 7. The van der Waals surface area contributed by atoms with Gasteiger partial charge in [-0.25, -0.2) is 4.98 Å². The molecule has 1 aromatic heterocycles. The van der Waals surface area contributed by atoms with E-state index in [1.807, 2.05) is 4.90 Å². The summed E-state index contributed by atoms with van der Waals surface area (Å²) in [5.41, 5.74) is 2.04. The number of carbonyl (C=O) groups is 2. The summed E-state index contributed by atoms with van der Waals surface area (Å²) in [6.45, 7) is 4.17. The van der Waals surface area contributed by atoms with E-state index in [-0.39, 0.29) is 36.8 Å². The molecular weight excluding hydrogens is 410 g/mol. The molecule has 1 fully saturated rings. The van der Waals surface area contributed by atoms with Gasteiger partial charge in [0.25, 0.3) is 5.56 Å². The summed E-state index contributed by atoms with van der Waals surface area (Å²) in [7, 11) is 1.55. The first-order valence-electron chi connectivity index (χ1n) is 10.4. The first kappa shape index (κ1) is 23.0. The van der Waals surface area contributed by atoms with Crippen LogP contribution in [0.25, 0.3) is 0 Å². The normalized spacial score (nSPS) is 13.3. The van der Waals surface area contributed by atoms with Gasteiger partial charge >= 0.3 is 0 Å². The summed E-state index contributed by atoms with van der Waals surface area (Å²) in [5, 5.41) is 2.72. The van der Waals surface area contributed by atoms with Gasteiger partial charge in [0, 0.05) is 49.1 Å². The van der Waals surface area contributed by atoms with Crippen LogP contribution in [0.2, 0.25) is 0 Å². The van der Waals surface area contributed by atoms with E-state index in [9.17, 15) is 14.4 Å². The van der Waals surface area contributed by atoms with Gasteiger partial charge in [-0.15, -0.1) is 6.42 Å². The number of nitrogens with zero attached hydrogens (tertiary/aromatic N) is 3. The first-order chi connectivity index (χ1) is 15.4. The third kappa shape index (κ3) is 5.95. The molecule has 0 atom stereocenters. The first-order valence-corrected chi connectivity index (χ1v) is 10.4. The van der Waals surface area contributed by atoms with Crippen molar-refractivity contribution in [1.82, 2.24) is 14.9 Å². The maximum atomic E-state index is 12.6. The van der Waals surface area contributed by atoms with Crippen molar-refractivity contribution in [2.24, 2.45) is 0 Å². The van der Waals surface area contributed by atoms with Gasteiger partial charge in [-0.05, 0) is 31.5 Å². The number of aryl methyl sites for hydroxylation is 1. The second-order valence-electron chi connectivity index (χ2n) is 7.58. The number of aromatic amines is 1. The van der Waals surface area contributed by atoms with E-state index in [2.05, 4.69) is 21.2 Å². The summed E-state index contributed by atoms with van der Waals surface area (Å²) in [6, 6.07) is 6.92. The molecule has 32 heavy (non-hydrogen) atoms. The Morgan fingerprint density at radius 3 is 2.78 bits per heavy atom. The number of H-pyrrole nitrogens is 1. The standard InChI is InChI=1S/C23H27N5O4/c1-4-17-6-5-7-18(14-17)25-20(29)15-27(3)21(30)9-8-19-16(2)24-23(26-22(19)31)28-10-12-32-13-11-28/h1,5-7,14H,8-13,15H2,2-3H3,(H,25,29)(H,24,26,31). The molecule has 1 saturated heterocycles. The molecular formula is C23H27N5O4. The lowest BCUT2D eigenvalue weighted by molar-refractivity contribution is -0.133. The summed E-state index contributed by atoms with van der Waals surface area (Å²) >= 11 is 0. The molecule has 1 aliphatic rings. The van der Waals surface area contributed by atoms with E-state index in [1.54, 1.807) is 38.2 Å². The number of amides is 2. The highest BCUT2D eigenvalue weighted by Gasteiger charge is 2.18. The molecule has 2 amide bonds. The maximum Gasteiger partial charge on any atom is 0.255 e. The number of hydrogen-bond donors (Lipinski definition) is 2. The minimum absolute atomic E-state index is 0.0961. The van der Waals surface area contributed by atoms with Gasteiger partial charge in [0.1, 0.15) is 0 Å².